The Bertz CT molecular complexity index is 726. The van der Waals surface area contributed by atoms with Crippen molar-refractivity contribution in [2.45, 2.75) is 12.8 Å². The lowest BCUT2D eigenvalue weighted by Crippen LogP contribution is -2.03. The second-order valence-corrected chi connectivity index (χ2v) is 4.81. The minimum absolute atomic E-state index is 0.563. The summed E-state index contributed by atoms with van der Waals surface area (Å²) >= 11 is 0. The van der Waals surface area contributed by atoms with E-state index in [0.717, 1.165) is 29.8 Å². The van der Waals surface area contributed by atoms with Gasteiger partial charge >= 0.3 is 0 Å². The van der Waals surface area contributed by atoms with Crippen LogP contribution >= 0.6 is 0 Å². The van der Waals surface area contributed by atoms with Crippen molar-refractivity contribution in [2.24, 2.45) is 4.99 Å². The lowest BCUT2D eigenvalue weighted by Gasteiger charge is -2.06. The zero-order valence-electron chi connectivity index (χ0n) is 11.3. The van der Waals surface area contributed by atoms with Crippen molar-refractivity contribution in [3.63, 3.8) is 0 Å². The highest BCUT2D eigenvalue weighted by atomic mass is 16.5. The van der Waals surface area contributed by atoms with E-state index in [-0.39, 0.29) is 0 Å². The van der Waals surface area contributed by atoms with Gasteiger partial charge in [0.05, 0.1) is 18.4 Å². The molecule has 0 bridgehead atoms. The number of aliphatic imine (C=N–C) groups is 1. The lowest BCUT2D eigenvalue weighted by molar-refractivity contribution is 0.413. The number of methoxy groups -OCH3 is 1. The van der Waals surface area contributed by atoms with Crippen molar-refractivity contribution >= 4 is 11.4 Å². The van der Waals surface area contributed by atoms with E-state index in [1.807, 2.05) is 30.3 Å². The Morgan fingerprint density at radius 3 is 2.85 bits per heavy atom. The average molecular weight is 262 g/mol. The summed E-state index contributed by atoms with van der Waals surface area (Å²) in [5.74, 6) is 0.626. The standard InChI is InChI=1S/C17H14N2O/c1-20-17-9-12(6-7-14(17)11-18)8-15-10-13-4-2-3-5-16(13)19-15/h2-7,9H,8,10H2,1H3. The number of hydrogen-bond acceptors (Lipinski definition) is 3. The van der Waals surface area contributed by atoms with Crippen molar-refractivity contribution in [1.82, 2.24) is 0 Å². The third kappa shape index (κ3) is 2.28. The Morgan fingerprint density at radius 2 is 2.10 bits per heavy atom. The number of hydrogen-bond donors (Lipinski definition) is 0. The minimum Gasteiger partial charge on any atom is -0.495 e. The van der Waals surface area contributed by atoms with Gasteiger partial charge in [0.2, 0.25) is 0 Å². The molecule has 0 atom stereocenters. The van der Waals surface area contributed by atoms with E-state index in [2.05, 4.69) is 17.1 Å². The van der Waals surface area contributed by atoms with Crippen molar-refractivity contribution in [3.8, 4) is 11.8 Å². The second kappa shape index (κ2) is 5.18. The van der Waals surface area contributed by atoms with E-state index in [9.17, 15) is 0 Å². The van der Waals surface area contributed by atoms with Gasteiger partial charge < -0.3 is 4.74 Å². The van der Waals surface area contributed by atoms with Crippen LogP contribution in [0.2, 0.25) is 0 Å². The van der Waals surface area contributed by atoms with Crippen LogP contribution in [-0.2, 0) is 12.8 Å². The number of fused-ring (bicyclic) bond motifs is 1. The Hall–Kier alpha value is -2.60. The van der Waals surface area contributed by atoms with E-state index in [1.54, 1.807) is 13.2 Å². The smallest absolute Gasteiger partial charge is 0.136 e. The highest BCUT2D eigenvalue weighted by Gasteiger charge is 2.14. The molecule has 3 heteroatoms. The van der Waals surface area contributed by atoms with Gasteiger partial charge in [0.25, 0.3) is 0 Å². The molecule has 0 aliphatic carbocycles. The van der Waals surface area contributed by atoms with Crippen LogP contribution in [0.25, 0.3) is 0 Å². The Kier molecular flexibility index (Phi) is 3.22. The Morgan fingerprint density at radius 1 is 1.25 bits per heavy atom. The van der Waals surface area contributed by atoms with Crippen molar-refractivity contribution in [3.05, 3.63) is 59.2 Å². The second-order valence-electron chi connectivity index (χ2n) is 4.81. The maximum atomic E-state index is 8.99. The molecular formula is C17H14N2O. The Balaban J connectivity index is 1.82. The van der Waals surface area contributed by atoms with Gasteiger partial charge in [0, 0.05) is 18.6 Å². The predicted octanol–water partition coefficient (Wildman–Crippen LogP) is 3.44. The third-order valence-electron chi connectivity index (χ3n) is 3.46. The molecule has 0 saturated heterocycles. The van der Waals surface area contributed by atoms with Crippen LogP contribution < -0.4 is 4.74 Å². The summed E-state index contributed by atoms with van der Waals surface area (Å²) in [7, 11) is 1.59. The fourth-order valence-corrected chi connectivity index (χ4v) is 2.47. The van der Waals surface area contributed by atoms with Crippen LogP contribution in [0.15, 0.2) is 47.5 Å². The van der Waals surface area contributed by atoms with Gasteiger partial charge in [-0.3, -0.25) is 4.99 Å². The van der Waals surface area contributed by atoms with Crippen molar-refractivity contribution in [2.75, 3.05) is 7.11 Å². The molecule has 0 spiro atoms. The van der Waals surface area contributed by atoms with Crippen LogP contribution in [0.1, 0.15) is 16.7 Å². The fourth-order valence-electron chi connectivity index (χ4n) is 2.47. The largest absolute Gasteiger partial charge is 0.495 e. The first kappa shape index (κ1) is 12.4. The number of rotatable bonds is 3. The molecule has 0 aromatic heterocycles. The minimum atomic E-state index is 0.563. The van der Waals surface area contributed by atoms with E-state index in [1.165, 1.54) is 5.56 Å². The van der Waals surface area contributed by atoms with Crippen LogP contribution in [0.3, 0.4) is 0 Å². The molecule has 3 nitrogen and oxygen atoms in total. The maximum Gasteiger partial charge on any atom is 0.136 e. The van der Waals surface area contributed by atoms with Gasteiger partial charge in [-0.15, -0.1) is 0 Å². The monoisotopic (exact) mass is 262 g/mol. The SMILES string of the molecule is COc1cc(CC2=Nc3ccccc3C2)ccc1C#N. The number of benzene rings is 2. The molecule has 2 aromatic rings. The summed E-state index contributed by atoms with van der Waals surface area (Å²) in [6.45, 7) is 0. The van der Waals surface area contributed by atoms with Crippen LogP contribution in [-0.4, -0.2) is 12.8 Å². The molecule has 0 N–H and O–H groups in total. The summed E-state index contributed by atoms with van der Waals surface area (Å²) in [4.78, 5) is 4.66. The highest BCUT2D eigenvalue weighted by molar-refractivity contribution is 5.95. The fraction of sp³-hybridized carbons (Fsp3) is 0.176. The topological polar surface area (TPSA) is 45.4 Å². The van der Waals surface area contributed by atoms with Crippen LogP contribution in [0, 0.1) is 11.3 Å². The first-order chi connectivity index (χ1) is 9.80. The number of para-hydroxylation sites is 1. The maximum absolute atomic E-state index is 8.99. The summed E-state index contributed by atoms with van der Waals surface area (Å²) in [6.07, 6.45) is 1.69. The molecule has 0 saturated carbocycles. The molecule has 1 aliphatic heterocycles. The molecule has 0 unspecified atom stereocenters. The van der Waals surface area contributed by atoms with Crippen molar-refractivity contribution in [1.29, 1.82) is 5.26 Å². The summed E-state index contributed by atoms with van der Waals surface area (Å²) in [5, 5.41) is 8.99. The zero-order chi connectivity index (χ0) is 13.9. The zero-order valence-corrected chi connectivity index (χ0v) is 11.3. The molecule has 98 valence electrons. The third-order valence-corrected chi connectivity index (χ3v) is 3.46. The molecular weight excluding hydrogens is 248 g/mol. The quantitative estimate of drug-likeness (QED) is 0.850. The molecule has 0 radical (unpaired) electrons. The van der Waals surface area contributed by atoms with Gasteiger partial charge in [-0.1, -0.05) is 24.3 Å². The average Bonchev–Trinajstić information content (AvgIpc) is 2.89. The molecule has 1 aliphatic rings. The van der Waals surface area contributed by atoms with E-state index in [4.69, 9.17) is 10.00 Å². The van der Waals surface area contributed by atoms with Crippen LogP contribution in [0.5, 0.6) is 5.75 Å². The van der Waals surface area contributed by atoms with Gasteiger partial charge in [-0.2, -0.15) is 5.26 Å². The molecule has 0 amide bonds. The molecule has 3 rings (SSSR count). The van der Waals surface area contributed by atoms with Gasteiger partial charge in [0.15, 0.2) is 0 Å². The first-order valence-corrected chi connectivity index (χ1v) is 6.51. The number of nitrogens with zero attached hydrogens (tertiary/aromatic N) is 2. The van der Waals surface area contributed by atoms with E-state index < -0.39 is 0 Å². The molecule has 0 fully saturated rings. The lowest BCUT2D eigenvalue weighted by atomic mass is 10.0. The number of ether oxygens (including phenoxy) is 1. The van der Waals surface area contributed by atoms with Crippen molar-refractivity contribution < 1.29 is 4.74 Å². The highest BCUT2D eigenvalue weighted by Crippen LogP contribution is 2.28. The molecule has 20 heavy (non-hydrogen) atoms. The predicted molar refractivity (Wildman–Crippen MR) is 78.7 cm³/mol. The normalized spacial score (nSPS) is 12.5. The molecule has 1 heterocycles. The van der Waals surface area contributed by atoms with Gasteiger partial charge in [-0.05, 0) is 29.3 Å². The summed E-state index contributed by atoms with van der Waals surface area (Å²) in [5.41, 5.74) is 5.18. The summed E-state index contributed by atoms with van der Waals surface area (Å²) in [6, 6.07) is 16.0. The van der Waals surface area contributed by atoms with Gasteiger partial charge in [-0.25, -0.2) is 0 Å². The van der Waals surface area contributed by atoms with Gasteiger partial charge in [0.1, 0.15) is 11.8 Å². The van der Waals surface area contributed by atoms with E-state index in [0.29, 0.717) is 11.3 Å². The van der Waals surface area contributed by atoms with E-state index >= 15 is 0 Å². The summed E-state index contributed by atoms with van der Waals surface area (Å²) < 4.78 is 5.24. The Labute approximate surface area is 118 Å². The first-order valence-electron chi connectivity index (χ1n) is 6.51. The number of nitriles is 1. The van der Waals surface area contributed by atoms with Crippen LogP contribution in [0.4, 0.5) is 5.69 Å². The molecule has 2 aromatic carbocycles.